The molecule has 0 radical (unpaired) electrons. The minimum atomic E-state index is -0.370. The smallest absolute Gasteiger partial charge is 0.338 e. The summed E-state index contributed by atoms with van der Waals surface area (Å²) >= 11 is 1.24. The van der Waals surface area contributed by atoms with Gasteiger partial charge in [0.05, 0.1) is 17.7 Å². The van der Waals surface area contributed by atoms with E-state index in [9.17, 15) is 14.4 Å². The topological polar surface area (TPSA) is 93.0 Å². The summed E-state index contributed by atoms with van der Waals surface area (Å²) in [5.74, 6) is -0.640. The van der Waals surface area contributed by atoms with Crippen molar-refractivity contribution in [3.8, 4) is 0 Å². The maximum atomic E-state index is 13.3. The molecule has 2 aliphatic heterocycles. The number of carbonyl (C=O) groups is 2. The lowest BCUT2D eigenvalue weighted by molar-refractivity contribution is -0.110. The predicted octanol–water partition coefficient (Wildman–Crippen LogP) is 1.60. The van der Waals surface area contributed by atoms with Crippen LogP contribution in [0, 0.1) is 6.92 Å². The Labute approximate surface area is 187 Å². The second-order valence-corrected chi connectivity index (χ2v) is 8.55. The van der Waals surface area contributed by atoms with Gasteiger partial charge in [0.15, 0.2) is 4.80 Å². The Morgan fingerprint density at radius 1 is 1.19 bits per heavy atom. The number of aryl methyl sites for hydroxylation is 1. The van der Waals surface area contributed by atoms with Crippen LogP contribution in [0.5, 0.6) is 0 Å². The molecule has 32 heavy (non-hydrogen) atoms. The maximum Gasteiger partial charge on any atom is 0.338 e. The van der Waals surface area contributed by atoms with Gasteiger partial charge in [-0.15, -0.1) is 0 Å². The number of ether oxygens (including phenoxy) is 1. The summed E-state index contributed by atoms with van der Waals surface area (Å²) in [6.07, 6.45) is 0. The summed E-state index contributed by atoms with van der Waals surface area (Å²) in [7, 11) is 0. The average molecular weight is 449 g/mol. The summed E-state index contributed by atoms with van der Waals surface area (Å²) in [6, 6.07) is 12.7. The molecule has 162 valence electrons. The highest BCUT2D eigenvalue weighted by molar-refractivity contribution is 7.07. The Kier molecular flexibility index (Phi) is 4.90. The molecule has 1 amide bonds. The number of esters is 1. The molecule has 8 nitrogen and oxygen atoms in total. The Morgan fingerprint density at radius 3 is 2.72 bits per heavy atom. The van der Waals surface area contributed by atoms with Crippen LogP contribution in [0.1, 0.15) is 28.4 Å². The third-order valence-corrected chi connectivity index (χ3v) is 6.56. The number of nitrogens with zero attached hydrogens (tertiary/aromatic N) is 3. The van der Waals surface area contributed by atoms with Gasteiger partial charge < -0.3 is 15.0 Å². The second-order valence-electron chi connectivity index (χ2n) is 7.57. The second kappa shape index (κ2) is 7.76. The molecule has 0 atom stereocenters. The van der Waals surface area contributed by atoms with E-state index in [2.05, 4.69) is 10.3 Å². The molecule has 9 heteroatoms. The molecule has 2 aromatic carbocycles. The van der Waals surface area contributed by atoms with Crippen molar-refractivity contribution in [2.24, 2.45) is 4.99 Å². The monoisotopic (exact) mass is 448 g/mol. The number of benzene rings is 2. The molecular formula is C23H20N4O4S. The van der Waals surface area contributed by atoms with Crippen molar-refractivity contribution in [2.45, 2.75) is 20.5 Å². The van der Waals surface area contributed by atoms with Gasteiger partial charge in [-0.25, -0.2) is 9.79 Å². The van der Waals surface area contributed by atoms with Crippen LogP contribution in [0.2, 0.25) is 0 Å². The van der Waals surface area contributed by atoms with E-state index in [1.165, 1.54) is 11.3 Å². The summed E-state index contributed by atoms with van der Waals surface area (Å²) in [6.45, 7) is 4.71. The Morgan fingerprint density at radius 2 is 1.97 bits per heavy atom. The Hall–Kier alpha value is -3.72. The van der Waals surface area contributed by atoms with Gasteiger partial charge in [0.2, 0.25) is 0 Å². The van der Waals surface area contributed by atoms with Crippen LogP contribution < -0.4 is 25.1 Å². The van der Waals surface area contributed by atoms with Gasteiger partial charge in [-0.05, 0) is 50.2 Å². The Bertz CT molecular complexity index is 1440. The van der Waals surface area contributed by atoms with E-state index in [4.69, 9.17) is 4.74 Å². The third-order valence-electron chi connectivity index (χ3n) is 5.44. The quantitative estimate of drug-likeness (QED) is 0.615. The largest absolute Gasteiger partial charge is 0.462 e. The molecule has 0 unspecified atom stereocenters. The van der Waals surface area contributed by atoms with Gasteiger partial charge in [-0.2, -0.15) is 0 Å². The number of rotatable bonds is 3. The van der Waals surface area contributed by atoms with Crippen LogP contribution in [-0.2, 0) is 16.2 Å². The van der Waals surface area contributed by atoms with Gasteiger partial charge in [0, 0.05) is 16.9 Å². The summed E-state index contributed by atoms with van der Waals surface area (Å²) in [5, 5.41) is 2.84. The van der Waals surface area contributed by atoms with Gasteiger partial charge in [0.25, 0.3) is 11.5 Å². The lowest BCUT2D eigenvalue weighted by Gasteiger charge is -2.25. The SMILES string of the molecule is CCOC(=O)c1ccc(N2CN=c3sc(=C4C(=O)Nc5ccc(C)cc54)c(=O)n3C2)cc1. The van der Waals surface area contributed by atoms with Crippen LogP contribution in [0.4, 0.5) is 11.4 Å². The number of anilines is 2. The van der Waals surface area contributed by atoms with E-state index in [0.717, 1.165) is 16.8 Å². The maximum absolute atomic E-state index is 13.3. The van der Waals surface area contributed by atoms with Crippen molar-refractivity contribution >= 4 is 40.2 Å². The van der Waals surface area contributed by atoms with Gasteiger partial charge in [-0.3, -0.25) is 14.2 Å². The number of hydrogen-bond acceptors (Lipinski definition) is 7. The van der Waals surface area contributed by atoms with Crippen molar-refractivity contribution in [3.63, 3.8) is 0 Å². The minimum Gasteiger partial charge on any atom is -0.462 e. The standard InChI is InChI=1S/C23H20N4O4S/c1-3-31-22(30)14-5-7-15(8-6-14)26-11-24-23-27(12-26)21(29)19(32-23)18-16-10-13(2)4-9-17(16)25-20(18)28/h4-10H,3,11-12H2,1-2H3,(H,25,28). The zero-order valence-corrected chi connectivity index (χ0v) is 18.4. The molecule has 1 N–H and O–H groups in total. The van der Waals surface area contributed by atoms with E-state index < -0.39 is 0 Å². The van der Waals surface area contributed by atoms with E-state index in [1.54, 1.807) is 23.6 Å². The third kappa shape index (κ3) is 3.31. The lowest BCUT2D eigenvalue weighted by Crippen LogP contribution is -2.43. The molecule has 0 bridgehead atoms. The van der Waals surface area contributed by atoms with Crippen LogP contribution in [-0.4, -0.2) is 29.7 Å². The van der Waals surface area contributed by atoms with Crippen molar-refractivity contribution < 1.29 is 14.3 Å². The number of thiazole rings is 1. The van der Waals surface area contributed by atoms with E-state index in [0.29, 0.717) is 46.1 Å². The molecule has 0 fully saturated rings. The number of amides is 1. The van der Waals surface area contributed by atoms with Crippen LogP contribution in [0.15, 0.2) is 52.3 Å². The van der Waals surface area contributed by atoms with Crippen molar-refractivity contribution in [2.75, 3.05) is 23.5 Å². The van der Waals surface area contributed by atoms with Gasteiger partial charge in [0.1, 0.15) is 17.9 Å². The van der Waals surface area contributed by atoms with Gasteiger partial charge in [-0.1, -0.05) is 23.0 Å². The Balaban J connectivity index is 1.51. The zero-order valence-electron chi connectivity index (χ0n) is 17.5. The lowest BCUT2D eigenvalue weighted by atomic mass is 10.1. The summed E-state index contributed by atoms with van der Waals surface area (Å²) < 4.78 is 6.99. The molecule has 3 aromatic rings. The van der Waals surface area contributed by atoms with Crippen molar-refractivity contribution in [1.82, 2.24) is 4.57 Å². The van der Waals surface area contributed by atoms with Crippen LogP contribution >= 0.6 is 11.3 Å². The van der Waals surface area contributed by atoms with Crippen LogP contribution in [0.3, 0.4) is 0 Å². The van der Waals surface area contributed by atoms with Crippen molar-refractivity contribution in [1.29, 1.82) is 0 Å². The number of carbonyl (C=O) groups excluding carboxylic acids is 2. The molecule has 3 heterocycles. The number of hydrogen-bond donors (Lipinski definition) is 1. The number of fused-ring (bicyclic) bond motifs is 2. The molecule has 1 aromatic heterocycles. The van der Waals surface area contributed by atoms with E-state index in [1.807, 2.05) is 42.2 Å². The zero-order chi connectivity index (χ0) is 22.4. The predicted molar refractivity (Wildman–Crippen MR) is 121 cm³/mol. The number of nitrogens with one attached hydrogen (secondary N) is 1. The molecule has 0 aliphatic carbocycles. The molecular weight excluding hydrogens is 428 g/mol. The highest BCUT2D eigenvalue weighted by Gasteiger charge is 2.28. The molecule has 0 spiro atoms. The average Bonchev–Trinajstić information content (AvgIpc) is 3.29. The summed E-state index contributed by atoms with van der Waals surface area (Å²) in [5.41, 5.74) is 3.95. The van der Waals surface area contributed by atoms with Crippen LogP contribution in [0.25, 0.3) is 5.57 Å². The fourth-order valence-corrected chi connectivity index (χ4v) is 4.91. The first-order valence-corrected chi connectivity index (χ1v) is 11.0. The number of aromatic nitrogens is 1. The molecule has 0 saturated heterocycles. The first-order valence-electron chi connectivity index (χ1n) is 10.2. The molecule has 2 aliphatic rings. The first kappa shape index (κ1) is 20.2. The molecule has 0 saturated carbocycles. The summed E-state index contributed by atoms with van der Waals surface area (Å²) in [4.78, 5) is 44.9. The normalized spacial score (nSPS) is 16.2. The first-order chi connectivity index (χ1) is 15.5. The highest BCUT2D eigenvalue weighted by Crippen LogP contribution is 2.30. The fourth-order valence-electron chi connectivity index (χ4n) is 3.85. The minimum absolute atomic E-state index is 0.235. The van der Waals surface area contributed by atoms with Gasteiger partial charge >= 0.3 is 5.97 Å². The van der Waals surface area contributed by atoms with E-state index in [-0.39, 0.29) is 17.4 Å². The highest BCUT2D eigenvalue weighted by atomic mass is 32.1. The fraction of sp³-hybridized carbons (Fsp3) is 0.217. The van der Waals surface area contributed by atoms with E-state index >= 15 is 0 Å². The van der Waals surface area contributed by atoms with Crippen molar-refractivity contribution in [3.05, 3.63) is 78.8 Å². The molecule has 5 rings (SSSR count).